The van der Waals surface area contributed by atoms with Crippen LogP contribution in [0.4, 0.5) is 5.82 Å². The number of rotatable bonds is 4. The van der Waals surface area contributed by atoms with Crippen molar-refractivity contribution in [3.05, 3.63) is 53.0 Å². The van der Waals surface area contributed by atoms with Crippen LogP contribution in [-0.4, -0.2) is 58.7 Å². The van der Waals surface area contributed by atoms with Gasteiger partial charge in [0.1, 0.15) is 12.4 Å². The lowest BCUT2D eigenvalue weighted by Gasteiger charge is -2.47. The molecule has 1 aromatic heterocycles. The minimum absolute atomic E-state index is 0.258. The van der Waals surface area contributed by atoms with Gasteiger partial charge in [-0.05, 0) is 68.3 Å². The minimum atomic E-state index is -0.548. The first kappa shape index (κ1) is 20.4. The monoisotopic (exact) mass is 422 g/mol. The summed E-state index contributed by atoms with van der Waals surface area (Å²) < 4.78 is 5.15. The molecule has 2 saturated heterocycles. The first-order valence-corrected chi connectivity index (χ1v) is 11.3. The number of ether oxygens (including phenoxy) is 1. The fourth-order valence-corrected chi connectivity index (χ4v) is 5.45. The number of piperidine rings is 2. The summed E-state index contributed by atoms with van der Waals surface area (Å²) in [5.41, 5.74) is 3.88. The van der Waals surface area contributed by atoms with Crippen LogP contribution in [0.5, 0.6) is 0 Å². The highest BCUT2D eigenvalue weighted by Crippen LogP contribution is 2.42. The zero-order valence-electron chi connectivity index (χ0n) is 18.1. The molecule has 1 atom stereocenters. The predicted octanol–water partition coefficient (Wildman–Crippen LogP) is 2.87. The molecule has 0 radical (unpaired) electrons. The van der Waals surface area contributed by atoms with E-state index in [4.69, 9.17) is 4.74 Å². The summed E-state index contributed by atoms with van der Waals surface area (Å²) in [6.07, 6.45) is 9.53. The van der Waals surface area contributed by atoms with Gasteiger partial charge >= 0.3 is 5.97 Å². The van der Waals surface area contributed by atoms with Gasteiger partial charge in [-0.15, -0.1) is 0 Å². The molecular formula is C24H30N4O3. The Morgan fingerprint density at radius 3 is 2.58 bits per heavy atom. The van der Waals surface area contributed by atoms with Gasteiger partial charge in [0, 0.05) is 37.6 Å². The summed E-state index contributed by atoms with van der Waals surface area (Å²) >= 11 is 0. The summed E-state index contributed by atoms with van der Waals surface area (Å²) in [4.78, 5) is 25.1. The number of aromatic nitrogens is 2. The molecule has 164 valence electrons. The quantitative estimate of drug-likeness (QED) is 0.759. The lowest BCUT2D eigenvalue weighted by Crippen LogP contribution is -2.47. The largest absolute Gasteiger partial charge is 0.457 e. The van der Waals surface area contributed by atoms with Crippen molar-refractivity contribution < 1.29 is 14.6 Å². The van der Waals surface area contributed by atoms with Crippen LogP contribution in [0.15, 0.2) is 30.7 Å². The van der Waals surface area contributed by atoms with Crippen molar-refractivity contribution in [2.75, 3.05) is 37.6 Å². The first-order chi connectivity index (χ1) is 15.0. The van der Waals surface area contributed by atoms with Crippen LogP contribution in [0.2, 0.25) is 0 Å². The fraction of sp³-hybridized carbons (Fsp3) is 0.542. The zero-order valence-corrected chi connectivity index (χ0v) is 18.1. The molecule has 7 heteroatoms. The maximum absolute atomic E-state index is 11.8. The number of β-amino-alcohol motifs (C(OH)–C–C–N with tert-alkyl or cyclic N) is 1. The molecule has 1 unspecified atom stereocenters. The fourth-order valence-electron chi connectivity index (χ4n) is 5.45. The number of likely N-dealkylation sites (tertiary alicyclic amines) is 1. The maximum atomic E-state index is 11.8. The molecule has 2 fully saturated rings. The Labute approximate surface area is 183 Å². The normalized spacial score (nSPS) is 21.7. The molecule has 5 rings (SSSR count). The van der Waals surface area contributed by atoms with Crippen molar-refractivity contribution in [1.82, 2.24) is 14.9 Å². The number of esters is 1. The van der Waals surface area contributed by atoms with Crippen molar-refractivity contribution in [3.8, 4) is 0 Å². The number of fused-ring (bicyclic) bond motifs is 1. The lowest BCUT2D eigenvalue weighted by molar-refractivity contribution is 0.0447. The summed E-state index contributed by atoms with van der Waals surface area (Å²) in [6, 6.07) is 3.69. The van der Waals surface area contributed by atoms with E-state index in [-0.39, 0.29) is 5.97 Å². The Morgan fingerprint density at radius 2 is 1.87 bits per heavy atom. The minimum Gasteiger partial charge on any atom is -0.457 e. The molecule has 0 saturated carbocycles. The Morgan fingerprint density at radius 1 is 1.13 bits per heavy atom. The molecule has 2 aromatic rings. The number of benzene rings is 1. The second-order valence-corrected chi connectivity index (χ2v) is 9.25. The number of nitrogens with zero attached hydrogens (tertiary/aromatic N) is 4. The van der Waals surface area contributed by atoms with Crippen LogP contribution in [0.1, 0.15) is 58.8 Å². The standard InChI is InChI=1S/C24H30N4O3/c1-17-18(2-3-19-20(17)16-31-23(19)30)21(29)15-27-10-4-24(5-11-27)6-12-28(13-7-24)22-14-25-8-9-26-22/h2-3,8-9,14,21,29H,4-7,10-13,15-16H2,1H3. The van der Waals surface area contributed by atoms with Crippen molar-refractivity contribution in [2.24, 2.45) is 5.41 Å². The van der Waals surface area contributed by atoms with Crippen molar-refractivity contribution in [2.45, 2.75) is 45.3 Å². The van der Waals surface area contributed by atoms with Gasteiger partial charge in [-0.25, -0.2) is 9.78 Å². The first-order valence-electron chi connectivity index (χ1n) is 11.3. The molecule has 3 aliphatic heterocycles. The number of hydrogen-bond acceptors (Lipinski definition) is 7. The number of cyclic esters (lactones) is 1. The number of hydrogen-bond donors (Lipinski definition) is 1. The van der Waals surface area contributed by atoms with Crippen LogP contribution in [0.3, 0.4) is 0 Å². The third-order valence-corrected chi connectivity index (χ3v) is 7.61. The molecule has 1 spiro atoms. The number of aliphatic hydroxyl groups is 1. The SMILES string of the molecule is Cc1c(C(O)CN2CCC3(CC2)CCN(c2cnccn2)CC3)ccc2c1COC2=O. The van der Waals surface area contributed by atoms with Gasteiger partial charge in [0.25, 0.3) is 0 Å². The summed E-state index contributed by atoms with van der Waals surface area (Å²) in [7, 11) is 0. The maximum Gasteiger partial charge on any atom is 0.338 e. The van der Waals surface area contributed by atoms with Gasteiger partial charge < -0.3 is 19.6 Å². The highest BCUT2D eigenvalue weighted by molar-refractivity contribution is 5.93. The van der Waals surface area contributed by atoms with E-state index in [0.717, 1.165) is 48.7 Å². The van der Waals surface area contributed by atoms with E-state index >= 15 is 0 Å². The van der Waals surface area contributed by atoms with Gasteiger partial charge in [0.2, 0.25) is 0 Å². The Balaban J connectivity index is 1.16. The second kappa shape index (κ2) is 8.20. The van der Waals surface area contributed by atoms with E-state index < -0.39 is 6.10 Å². The topological polar surface area (TPSA) is 78.8 Å². The van der Waals surface area contributed by atoms with Crippen LogP contribution in [0, 0.1) is 12.3 Å². The van der Waals surface area contributed by atoms with Crippen molar-refractivity contribution in [1.29, 1.82) is 0 Å². The Hall–Kier alpha value is -2.51. The molecule has 31 heavy (non-hydrogen) atoms. The van der Waals surface area contributed by atoms with E-state index in [2.05, 4.69) is 19.8 Å². The molecular weight excluding hydrogens is 392 g/mol. The van der Waals surface area contributed by atoms with Gasteiger partial charge in [0.15, 0.2) is 0 Å². The average molecular weight is 423 g/mol. The molecule has 1 aromatic carbocycles. The van der Waals surface area contributed by atoms with E-state index in [1.807, 2.05) is 19.2 Å². The van der Waals surface area contributed by atoms with Crippen molar-refractivity contribution in [3.63, 3.8) is 0 Å². The highest BCUT2D eigenvalue weighted by Gasteiger charge is 2.38. The molecule has 7 nitrogen and oxygen atoms in total. The number of anilines is 1. The number of aliphatic hydroxyl groups excluding tert-OH is 1. The van der Waals surface area contributed by atoms with Crippen LogP contribution in [-0.2, 0) is 11.3 Å². The van der Waals surface area contributed by atoms with E-state index in [1.165, 1.54) is 25.7 Å². The summed E-state index contributed by atoms with van der Waals surface area (Å²) in [5.74, 6) is 0.723. The lowest BCUT2D eigenvalue weighted by atomic mass is 9.71. The third-order valence-electron chi connectivity index (χ3n) is 7.61. The van der Waals surface area contributed by atoms with E-state index in [1.54, 1.807) is 18.5 Å². The average Bonchev–Trinajstić information content (AvgIpc) is 3.18. The molecule has 0 aliphatic carbocycles. The van der Waals surface area contributed by atoms with Crippen molar-refractivity contribution >= 4 is 11.8 Å². The Kier molecular flexibility index (Phi) is 5.40. The molecule has 0 amide bonds. The molecule has 3 aliphatic rings. The van der Waals surface area contributed by atoms with Crippen LogP contribution in [0.25, 0.3) is 0 Å². The van der Waals surface area contributed by atoms with Gasteiger partial charge in [-0.2, -0.15) is 0 Å². The third kappa shape index (κ3) is 3.92. The van der Waals surface area contributed by atoms with Crippen LogP contribution < -0.4 is 4.90 Å². The summed E-state index contributed by atoms with van der Waals surface area (Å²) in [5, 5.41) is 10.9. The van der Waals surface area contributed by atoms with Gasteiger partial charge in [-0.3, -0.25) is 4.98 Å². The molecule has 4 heterocycles. The zero-order chi connectivity index (χ0) is 21.4. The van der Waals surface area contributed by atoms with Gasteiger partial charge in [0.05, 0.1) is 17.9 Å². The Bertz CT molecular complexity index is 947. The van der Waals surface area contributed by atoms with E-state index in [0.29, 0.717) is 24.1 Å². The van der Waals surface area contributed by atoms with Gasteiger partial charge in [-0.1, -0.05) is 6.07 Å². The second-order valence-electron chi connectivity index (χ2n) is 9.25. The molecule has 0 bridgehead atoms. The van der Waals surface area contributed by atoms with E-state index in [9.17, 15) is 9.90 Å². The van der Waals surface area contributed by atoms with Crippen LogP contribution >= 0.6 is 0 Å². The molecule has 1 N–H and O–H groups in total. The summed E-state index contributed by atoms with van der Waals surface area (Å²) in [6.45, 7) is 7.05. The number of carbonyl (C=O) groups excluding carboxylic acids is 1. The number of carbonyl (C=O) groups is 1. The smallest absolute Gasteiger partial charge is 0.338 e. The highest BCUT2D eigenvalue weighted by atomic mass is 16.5. The predicted molar refractivity (Wildman–Crippen MR) is 117 cm³/mol.